The molecule has 0 aliphatic rings. The molecule has 0 radical (unpaired) electrons. The molecule has 0 aromatic heterocycles. The van der Waals surface area contributed by atoms with Crippen LogP contribution in [-0.2, 0) is 4.79 Å². The number of halogens is 1. The van der Waals surface area contributed by atoms with E-state index < -0.39 is 11.7 Å². The summed E-state index contributed by atoms with van der Waals surface area (Å²) in [6, 6.07) is 11.3. The third-order valence-corrected chi connectivity index (χ3v) is 2.72. The van der Waals surface area contributed by atoms with Gasteiger partial charge in [-0.1, -0.05) is 18.2 Å². The maximum Gasteiger partial charge on any atom is 0.262 e. The molecular weight excluding hydrogens is 259 g/mol. The smallest absolute Gasteiger partial charge is 0.262 e. The number of anilines is 2. The molecule has 0 saturated heterocycles. The highest BCUT2D eigenvalue weighted by atomic mass is 19.1. The number of carbonyl (C=O) groups excluding carboxylic acids is 1. The van der Waals surface area contributed by atoms with Crippen LogP contribution in [0.25, 0.3) is 0 Å². The van der Waals surface area contributed by atoms with E-state index in [1.807, 2.05) is 25.1 Å². The van der Waals surface area contributed by atoms with Crippen molar-refractivity contribution in [1.82, 2.24) is 0 Å². The molecule has 0 unspecified atom stereocenters. The van der Waals surface area contributed by atoms with Crippen LogP contribution in [0, 0.1) is 12.7 Å². The summed E-state index contributed by atoms with van der Waals surface area (Å²) in [5.74, 6) is -0.364. The number of benzene rings is 2. The summed E-state index contributed by atoms with van der Waals surface area (Å²) in [4.78, 5) is 11.7. The summed E-state index contributed by atoms with van der Waals surface area (Å²) in [5.41, 5.74) is 6.89. The summed E-state index contributed by atoms with van der Waals surface area (Å²) in [6.07, 6.45) is 0. The first kappa shape index (κ1) is 13.9. The maximum absolute atomic E-state index is 13.4. The van der Waals surface area contributed by atoms with Crippen LogP contribution in [0.2, 0.25) is 0 Å². The Morgan fingerprint density at radius 3 is 2.80 bits per heavy atom. The zero-order chi connectivity index (χ0) is 14.5. The number of aryl methyl sites for hydroxylation is 1. The first-order chi connectivity index (χ1) is 9.56. The van der Waals surface area contributed by atoms with Crippen molar-refractivity contribution in [2.24, 2.45) is 0 Å². The van der Waals surface area contributed by atoms with Crippen molar-refractivity contribution >= 4 is 17.3 Å². The highest BCUT2D eigenvalue weighted by Crippen LogP contribution is 2.18. The average Bonchev–Trinajstić information content (AvgIpc) is 2.42. The fraction of sp³-hybridized carbons (Fsp3) is 0.133. The molecule has 4 nitrogen and oxygen atoms in total. The van der Waals surface area contributed by atoms with Gasteiger partial charge in [-0.05, 0) is 36.8 Å². The zero-order valence-electron chi connectivity index (χ0n) is 11.0. The van der Waals surface area contributed by atoms with Gasteiger partial charge in [0.05, 0.1) is 5.69 Å². The Balaban J connectivity index is 1.96. The lowest BCUT2D eigenvalue weighted by atomic mass is 10.2. The summed E-state index contributed by atoms with van der Waals surface area (Å²) >= 11 is 0. The number of hydrogen-bond donors (Lipinski definition) is 2. The zero-order valence-corrected chi connectivity index (χ0v) is 11.0. The lowest BCUT2D eigenvalue weighted by Crippen LogP contribution is -2.21. The van der Waals surface area contributed by atoms with E-state index in [0.717, 1.165) is 5.56 Å². The molecule has 104 valence electrons. The van der Waals surface area contributed by atoms with Gasteiger partial charge < -0.3 is 15.8 Å². The molecular formula is C15H15FN2O2. The summed E-state index contributed by atoms with van der Waals surface area (Å²) in [6.45, 7) is 1.68. The summed E-state index contributed by atoms with van der Waals surface area (Å²) < 4.78 is 18.8. The number of nitrogens with one attached hydrogen (secondary N) is 1. The van der Waals surface area contributed by atoms with Crippen LogP contribution in [-0.4, -0.2) is 12.5 Å². The van der Waals surface area contributed by atoms with Gasteiger partial charge in [0.1, 0.15) is 11.6 Å². The predicted molar refractivity (Wildman–Crippen MR) is 76.1 cm³/mol. The number of ether oxygens (including phenoxy) is 1. The molecule has 3 N–H and O–H groups in total. The van der Waals surface area contributed by atoms with Crippen LogP contribution in [0.5, 0.6) is 5.75 Å². The Morgan fingerprint density at radius 1 is 1.30 bits per heavy atom. The second-order valence-corrected chi connectivity index (χ2v) is 4.34. The number of nitrogens with two attached hydrogens (primary N) is 1. The van der Waals surface area contributed by atoms with Crippen molar-refractivity contribution in [3.63, 3.8) is 0 Å². The molecule has 2 aromatic rings. The number of carbonyl (C=O) groups is 1. The molecule has 0 heterocycles. The second kappa shape index (κ2) is 6.06. The number of hydrogen-bond acceptors (Lipinski definition) is 3. The first-order valence-electron chi connectivity index (χ1n) is 6.09. The van der Waals surface area contributed by atoms with E-state index in [-0.39, 0.29) is 12.3 Å². The van der Waals surface area contributed by atoms with Gasteiger partial charge >= 0.3 is 0 Å². The molecule has 0 aliphatic heterocycles. The minimum absolute atomic E-state index is 0.0448. The molecule has 0 aliphatic carbocycles. The molecule has 5 heteroatoms. The Kier molecular flexibility index (Phi) is 4.20. The van der Waals surface area contributed by atoms with E-state index in [9.17, 15) is 9.18 Å². The van der Waals surface area contributed by atoms with Gasteiger partial charge in [-0.25, -0.2) is 4.39 Å². The number of rotatable bonds is 4. The van der Waals surface area contributed by atoms with Gasteiger partial charge in [0.25, 0.3) is 5.91 Å². The molecule has 0 spiro atoms. The van der Waals surface area contributed by atoms with Crippen molar-refractivity contribution in [2.75, 3.05) is 17.7 Å². The monoisotopic (exact) mass is 274 g/mol. The second-order valence-electron chi connectivity index (χ2n) is 4.34. The molecule has 0 atom stereocenters. The van der Waals surface area contributed by atoms with E-state index in [1.54, 1.807) is 6.07 Å². The van der Waals surface area contributed by atoms with Crippen molar-refractivity contribution in [3.05, 3.63) is 53.8 Å². The Labute approximate surface area is 116 Å². The fourth-order valence-corrected chi connectivity index (χ4v) is 1.69. The van der Waals surface area contributed by atoms with Crippen molar-refractivity contribution < 1.29 is 13.9 Å². The third kappa shape index (κ3) is 3.47. The average molecular weight is 274 g/mol. The van der Waals surface area contributed by atoms with Crippen LogP contribution in [0.3, 0.4) is 0 Å². The van der Waals surface area contributed by atoms with Gasteiger partial charge in [-0.15, -0.1) is 0 Å². The standard InChI is InChI=1S/C15H15FN2O2/c1-10-4-2-3-5-14(10)20-9-15(19)18-13-8-11(17)6-7-12(13)16/h2-8H,9,17H2,1H3,(H,18,19). The highest BCUT2D eigenvalue weighted by Gasteiger charge is 2.08. The van der Waals surface area contributed by atoms with Gasteiger partial charge in [0.2, 0.25) is 0 Å². The van der Waals surface area contributed by atoms with E-state index in [0.29, 0.717) is 11.4 Å². The topological polar surface area (TPSA) is 64.3 Å². The Morgan fingerprint density at radius 2 is 2.05 bits per heavy atom. The van der Waals surface area contributed by atoms with Crippen molar-refractivity contribution in [1.29, 1.82) is 0 Å². The SMILES string of the molecule is Cc1ccccc1OCC(=O)Nc1cc(N)ccc1F. The summed E-state index contributed by atoms with van der Waals surface area (Å²) in [5, 5.41) is 2.42. The van der Waals surface area contributed by atoms with E-state index in [2.05, 4.69) is 5.32 Å². The lowest BCUT2D eigenvalue weighted by Gasteiger charge is -2.10. The third-order valence-electron chi connectivity index (χ3n) is 2.72. The highest BCUT2D eigenvalue weighted by molar-refractivity contribution is 5.92. The molecule has 0 fully saturated rings. The molecule has 0 saturated carbocycles. The number of para-hydroxylation sites is 1. The summed E-state index contributed by atoms with van der Waals surface area (Å²) in [7, 11) is 0. The van der Waals surface area contributed by atoms with Gasteiger partial charge in [0.15, 0.2) is 6.61 Å². The molecule has 0 bridgehead atoms. The van der Waals surface area contributed by atoms with Gasteiger partial charge in [0, 0.05) is 5.69 Å². The quantitative estimate of drug-likeness (QED) is 0.842. The Bertz CT molecular complexity index is 629. The van der Waals surface area contributed by atoms with Crippen LogP contribution < -0.4 is 15.8 Å². The fourth-order valence-electron chi connectivity index (χ4n) is 1.69. The molecule has 1 amide bonds. The van der Waals surface area contributed by atoms with E-state index in [1.165, 1.54) is 18.2 Å². The lowest BCUT2D eigenvalue weighted by molar-refractivity contribution is -0.118. The molecule has 20 heavy (non-hydrogen) atoms. The number of amides is 1. The predicted octanol–water partition coefficient (Wildman–Crippen LogP) is 2.73. The van der Waals surface area contributed by atoms with Crippen LogP contribution >= 0.6 is 0 Å². The van der Waals surface area contributed by atoms with E-state index >= 15 is 0 Å². The van der Waals surface area contributed by atoms with Crippen LogP contribution in [0.4, 0.5) is 15.8 Å². The van der Waals surface area contributed by atoms with Crippen LogP contribution in [0.15, 0.2) is 42.5 Å². The van der Waals surface area contributed by atoms with Gasteiger partial charge in [-0.3, -0.25) is 4.79 Å². The largest absolute Gasteiger partial charge is 0.483 e. The maximum atomic E-state index is 13.4. The van der Waals surface area contributed by atoms with E-state index in [4.69, 9.17) is 10.5 Å². The van der Waals surface area contributed by atoms with Crippen molar-refractivity contribution in [2.45, 2.75) is 6.92 Å². The van der Waals surface area contributed by atoms with Crippen LogP contribution in [0.1, 0.15) is 5.56 Å². The number of nitrogen functional groups attached to an aromatic ring is 1. The minimum atomic E-state index is -0.538. The Hall–Kier alpha value is -2.56. The molecule has 2 rings (SSSR count). The van der Waals surface area contributed by atoms with Crippen molar-refractivity contribution in [3.8, 4) is 5.75 Å². The molecule has 2 aromatic carbocycles. The minimum Gasteiger partial charge on any atom is -0.483 e. The van der Waals surface area contributed by atoms with Gasteiger partial charge in [-0.2, -0.15) is 0 Å². The normalized spacial score (nSPS) is 10.1. The first-order valence-corrected chi connectivity index (χ1v) is 6.09.